The van der Waals surface area contributed by atoms with Gasteiger partial charge in [-0.05, 0) is 42.7 Å². The molecule has 6 rings (SSSR count). The van der Waals surface area contributed by atoms with Crippen molar-refractivity contribution in [1.82, 2.24) is 10.5 Å². The van der Waals surface area contributed by atoms with Crippen LogP contribution in [-0.2, 0) is 21.9 Å². The smallest absolute Gasteiger partial charge is 0.270 e. The minimum Gasteiger partial charge on any atom is -0.495 e. The van der Waals surface area contributed by atoms with Crippen LogP contribution in [0.2, 0.25) is 0 Å². The van der Waals surface area contributed by atoms with Crippen LogP contribution in [0.1, 0.15) is 34.8 Å². The second-order valence-electron chi connectivity index (χ2n) is 10.2. The second kappa shape index (κ2) is 8.87. The maximum Gasteiger partial charge on any atom is 0.270 e. The molecule has 1 saturated heterocycles. The fourth-order valence-corrected chi connectivity index (χ4v) is 7.21. The predicted octanol–water partition coefficient (Wildman–Crippen LogP) is 3.51. The van der Waals surface area contributed by atoms with Crippen LogP contribution < -0.4 is 24.4 Å². The van der Waals surface area contributed by atoms with Gasteiger partial charge in [-0.3, -0.25) is 9.52 Å². The molecule has 1 amide bonds. The molecular weight excluding hydrogens is 527 g/mol. The first-order valence-corrected chi connectivity index (χ1v) is 14.2. The summed E-state index contributed by atoms with van der Waals surface area (Å²) < 4.78 is 61.6. The number of benzene rings is 2. The average Bonchev–Trinajstić information content (AvgIpc) is 3.20. The number of aromatic nitrogens is 1. The van der Waals surface area contributed by atoms with Crippen molar-refractivity contribution >= 4 is 27.4 Å². The summed E-state index contributed by atoms with van der Waals surface area (Å²) in [6, 6.07) is 8.60. The first kappa shape index (κ1) is 25.5. The van der Waals surface area contributed by atoms with Crippen molar-refractivity contribution in [2.45, 2.75) is 36.2 Å². The number of halogens is 1. The monoisotopic (exact) mass is 556 g/mol. The number of amides is 1. The number of anilines is 2. The number of sulfonamides is 1. The highest BCUT2D eigenvalue weighted by atomic mass is 32.2. The van der Waals surface area contributed by atoms with Gasteiger partial charge in [-0.2, -0.15) is 0 Å². The molecule has 2 heterocycles. The second-order valence-corrected chi connectivity index (χ2v) is 11.8. The predicted molar refractivity (Wildman–Crippen MR) is 142 cm³/mol. The van der Waals surface area contributed by atoms with E-state index in [1.165, 1.54) is 33.4 Å². The summed E-state index contributed by atoms with van der Waals surface area (Å²) in [5.41, 5.74) is 2.49. The van der Waals surface area contributed by atoms with E-state index in [1.807, 2.05) is 25.1 Å². The molecule has 0 unspecified atom stereocenters. The molecule has 2 N–H and O–H groups in total. The molecule has 10 nitrogen and oxygen atoms in total. The highest BCUT2D eigenvalue weighted by Crippen LogP contribution is 2.64. The van der Waals surface area contributed by atoms with E-state index in [1.54, 1.807) is 0 Å². The number of carbonyl (C=O) groups excluding carboxylic acids is 1. The van der Waals surface area contributed by atoms with Gasteiger partial charge in [0.05, 0.1) is 14.2 Å². The van der Waals surface area contributed by atoms with E-state index in [9.17, 15) is 13.2 Å². The summed E-state index contributed by atoms with van der Waals surface area (Å²) in [4.78, 5) is 14.1. The Morgan fingerprint density at radius 1 is 1.18 bits per heavy atom. The molecule has 2 aliphatic carbocycles. The molecule has 12 heteroatoms. The van der Waals surface area contributed by atoms with E-state index in [-0.39, 0.29) is 40.1 Å². The lowest BCUT2D eigenvalue weighted by molar-refractivity contribution is 0.0962. The van der Waals surface area contributed by atoms with Crippen LogP contribution >= 0.6 is 0 Å². The van der Waals surface area contributed by atoms with Crippen molar-refractivity contribution in [3.63, 3.8) is 0 Å². The zero-order chi connectivity index (χ0) is 27.7. The zero-order valence-electron chi connectivity index (χ0n) is 22.0. The highest BCUT2D eigenvalue weighted by molar-refractivity contribution is 7.93. The van der Waals surface area contributed by atoms with Gasteiger partial charge in [-0.1, -0.05) is 18.1 Å². The lowest BCUT2D eigenvalue weighted by atomic mass is 9.77. The molecule has 1 saturated carbocycles. The lowest BCUT2D eigenvalue weighted by Crippen LogP contribution is -2.37. The first-order chi connectivity index (χ1) is 18.7. The summed E-state index contributed by atoms with van der Waals surface area (Å²) in [6.45, 7) is 3.76. The van der Waals surface area contributed by atoms with E-state index in [2.05, 4.69) is 20.1 Å². The Balaban J connectivity index is 1.43. The SMILES string of the molecule is CNC(=O)c1cc(OC)c(S(=O)(=O)Nc2noc3c2C[C@]2(c4ccc(N5CCC5)cc4-3)[C@H](C)[C@H]2F)c(OC)c1. The summed E-state index contributed by atoms with van der Waals surface area (Å²) in [5.74, 6) is -0.436. The van der Waals surface area contributed by atoms with Gasteiger partial charge in [-0.25, -0.2) is 12.8 Å². The van der Waals surface area contributed by atoms with Crippen LogP contribution in [0.4, 0.5) is 15.9 Å². The van der Waals surface area contributed by atoms with E-state index >= 15 is 4.39 Å². The van der Waals surface area contributed by atoms with E-state index in [0.29, 0.717) is 11.3 Å². The standard InChI is InChI=1S/C27H29FN4O6S/c1-14-24(28)27(14)13-18-22(17-12-16(6-7-19(17)27)32-8-5-9-32)38-30-25(18)31-39(34,35)23-20(36-3)10-15(26(33)29-2)11-21(23)37-4/h6-7,10-12,14,24H,5,8-9,13H2,1-4H3,(H,29,33)(H,30,31)/t14-,24-,27-/m1/s1. The van der Waals surface area contributed by atoms with E-state index < -0.39 is 27.5 Å². The molecule has 0 radical (unpaired) electrons. The molecule has 3 aromatic rings. The van der Waals surface area contributed by atoms with Gasteiger partial charge in [0.15, 0.2) is 16.5 Å². The third-order valence-corrected chi connectivity index (χ3v) is 9.71. The fraction of sp³-hybridized carbons (Fsp3) is 0.407. The van der Waals surface area contributed by atoms with Gasteiger partial charge in [0.2, 0.25) is 0 Å². The fourth-order valence-electron chi connectivity index (χ4n) is 5.87. The quantitative estimate of drug-likeness (QED) is 0.453. The van der Waals surface area contributed by atoms with Gasteiger partial charge in [0, 0.05) is 53.8 Å². The number of fused-ring (bicyclic) bond motifs is 4. The number of nitrogens with zero attached hydrogens (tertiary/aromatic N) is 2. The number of methoxy groups -OCH3 is 2. The number of hydrogen-bond donors (Lipinski definition) is 2. The summed E-state index contributed by atoms with van der Waals surface area (Å²) in [5, 5.41) is 6.57. The minimum absolute atomic E-state index is 0.0184. The summed E-state index contributed by atoms with van der Waals surface area (Å²) in [7, 11) is -0.291. The minimum atomic E-state index is -4.35. The highest BCUT2D eigenvalue weighted by Gasteiger charge is 2.66. The van der Waals surface area contributed by atoms with Crippen LogP contribution in [0.3, 0.4) is 0 Å². The molecule has 3 aliphatic rings. The van der Waals surface area contributed by atoms with Crippen molar-refractivity contribution in [3.05, 3.63) is 47.0 Å². The number of alkyl halides is 1. The Hall–Kier alpha value is -3.80. The van der Waals surface area contributed by atoms with Crippen molar-refractivity contribution in [2.24, 2.45) is 5.92 Å². The molecule has 2 fully saturated rings. The normalized spacial score (nSPS) is 22.9. The third kappa shape index (κ3) is 3.68. The Morgan fingerprint density at radius 3 is 2.38 bits per heavy atom. The van der Waals surface area contributed by atoms with Gasteiger partial charge in [0.1, 0.15) is 17.7 Å². The molecule has 1 aromatic heterocycles. The molecule has 3 atom stereocenters. The topological polar surface area (TPSA) is 123 Å². The third-order valence-electron chi connectivity index (χ3n) is 8.31. The Kier molecular flexibility index (Phi) is 5.79. The zero-order valence-corrected chi connectivity index (χ0v) is 22.8. The van der Waals surface area contributed by atoms with Crippen molar-refractivity contribution in [1.29, 1.82) is 0 Å². The average molecular weight is 557 g/mol. The molecular formula is C27H29FN4O6S. The van der Waals surface area contributed by atoms with Gasteiger partial charge < -0.3 is 24.2 Å². The van der Waals surface area contributed by atoms with E-state index in [0.717, 1.165) is 36.3 Å². The van der Waals surface area contributed by atoms with Crippen molar-refractivity contribution in [3.8, 4) is 22.8 Å². The maximum absolute atomic E-state index is 15.3. The summed E-state index contributed by atoms with van der Waals surface area (Å²) >= 11 is 0. The molecule has 2 aromatic carbocycles. The lowest BCUT2D eigenvalue weighted by Gasteiger charge is -2.34. The van der Waals surface area contributed by atoms with Crippen molar-refractivity contribution in [2.75, 3.05) is 44.0 Å². The largest absolute Gasteiger partial charge is 0.495 e. The van der Waals surface area contributed by atoms with Crippen LogP contribution in [0.5, 0.6) is 11.5 Å². The summed E-state index contributed by atoms with van der Waals surface area (Å²) in [6.07, 6.45) is 0.281. The molecule has 39 heavy (non-hydrogen) atoms. The van der Waals surface area contributed by atoms with Gasteiger partial charge in [-0.15, -0.1) is 0 Å². The molecule has 206 valence electrons. The number of hydrogen-bond acceptors (Lipinski definition) is 8. The van der Waals surface area contributed by atoms with Gasteiger partial charge >= 0.3 is 0 Å². The molecule has 0 bridgehead atoms. The van der Waals surface area contributed by atoms with Crippen LogP contribution in [0.15, 0.2) is 39.8 Å². The van der Waals surface area contributed by atoms with Crippen LogP contribution in [0.25, 0.3) is 11.3 Å². The Bertz CT molecular complexity index is 1570. The van der Waals surface area contributed by atoms with Crippen LogP contribution in [-0.4, -0.2) is 60.0 Å². The molecule has 1 spiro atoms. The number of ether oxygens (including phenoxy) is 2. The number of rotatable bonds is 7. The number of carbonyl (C=O) groups is 1. The van der Waals surface area contributed by atoms with Crippen molar-refractivity contribution < 1.29 is 31.6 Å². The van der Waals surface area contributed by atoms with Gasteiger partial charge in [0.25, 0.3) is 15.9 Å². The Morgan fingerprint density at radius 2 is 1.85 bits per heavy atom. The van der Waals surface area contributed by atoms with E-state index in [4.69, 9.17) is 14.0 Å². The maximum atomic E-state index is 15.3. The first-order valence-electron chi connectivity index (χ1n) is 12.7. The Labute approximate surface area is 225 Å². The number of nitrogens with one attached hydrogen (secondary N) is 2. The van der Waals surface area contributed by atoms with Crippen LogP contribution in [0, 0.1) is 5.92 Å². The molecule has 1 aliphatic heterocycles.